The molecule has 3 heteroatoms. The number of halogens is 1. The molecule has 0 saturated carbocycles. The number of nitrogens with one attached hydrogen (secondary N) is 1. The van der Waals surface area contributed by atoms with E-state index in [-0.39, 0.29) is 0 Å². The summed E-state index contributed by atoms with van der Waals surface area (Å²) in [6.45, 7) is 3.12. The van der Waals surface area contributed by atoms with Crippen LogP contribution >= 0.6 is 11.6 Å². The topological polar surface area (TPSA) is 21.3 Å². The molecule has 2 nitrogen and oxygen atoms in total. The van der Waals surface area contributed by atoms with Crippen LogP contribution < -0.4 is 10.1 Å². The Balaban J connectivity index is 1.77. The Hall–Kier alpha value is -0.730. The van der Waals surface area contributed by atoms with Crippen molar-refractivity contribution in [1.29, 1.82) is 0 Å². The summed E-state index contributed by atoms with van der Waals surface area (Å²) >= 11 is 6.32. The molecule has 0 aromatic heterocycles. The second kappa shape index (κ2) is 5.50. The summed E-state index contributed by atoms with van der Waals surface area (Å²) in [7, 11) is 0. The molecular formula is C15H20ClNO. The Labute approximate surface area is 114 Å². The minimum absolute atomic E-state index is 0.761. The second-order valence-corrected chi connectivity index (χ2v) is 5.84. The minimum Gasteiger partial charge on any atom is -0.492 e. The lowest BCUT2D eigenvalue weighted by Crippen LogP contribution is -2.30. The van der Waals surface area contributed by atoms with Crippen molar-refractivity contribution in [3.8, 4) is 5.75 Å². The molecule has 0 radical (unpaired) electrons. The molecule has 1 atom stereocenters. The van der Waals surface area contributed by atoms with Gasteiger partial charge in [0.05, 0.1) is 11.6 Å². The van der Waals surface area contributed by atoms with Crippen LogP contribution in [-0.4, -0.2) is 19.7 Å². The van der Waals surface area contributed by atoms with E-state index in [1.165, 1.54) is 30.5 Å². The third kappa shape index (κ3) is 2.65. The quantitative estimate of drug-likeness (QED) is 0.887. The first-order valence-electron chi connectivity index (χ1n) is 6.98. The third-order valence-corrected chi connectivity index (χ3v) is 4.22. The first-order valence-corrected chi connectivity index (χ1v) is 7.35. The van der Waals surface area contributed by atoms with E-state index in [2.05, 4.69) is 17.4 Å². The summed E-state index contributed by atoms with van der Waals surface area (Å²) in [5.41, 5.74) is 2.67. The molecule has 98 valence electrons. The maximum absolute atomic E-state index is 6.32. The van der Waals surface area contributed by atoms with E-state index in [4.69, 9.17) is 16.3 Å². The van der Waals surface area contributed by atoms with Gasteiger partial charge in [-0.3, -0.25) is 0 Å². The molecule has 0 amide bonds. The van der Waals surface area contributed by atoms with Crippen molar-refractivity contribution in [3.63, 3.8) is 0 Å². The van der Waals surface area contributed by atoms with Crippen molar-refractivity contribution in [2.75, 3.05) is 19.7 Å². The van der Waals surface area contributed by atoms with E-state index >= 15 is 0 Å². The molecule has 2 aliphatic rings. The fourth-order valence-electron chi connectivity index (χ4n) is 3.05. The average Bonchev–Trinajstić information content (AvgIpc) is 2.40. The van der Waals surface area contributed by atoms with Crippen LogP contribution in [0.15, 0.2) is 12.1 Å². The molecule has 1 fully saturated rings. The van der Waals surface area contributed by atoms with Gasteiger partial charge in [0.1, 0.15) is 5.75 Å². The zero-order valence-electron chi connectivity index (χ0n) is 10.7. The van der Waals surface area contributed by atoms with Crippen LogP contribution in [0.1, 0.15) is 30.4 Å². The summed E-state index contributed by atoms with van der Waals surface area (Å²) in [5.74, 6) is 1.69. The highest BCUT2D eigenvalue weighted by Crippen LogP contribution is 2.34. The van der Waals surface area contributed by atoms with Gasteiger partial charge in [-0.25, -0.2) is 0 Å². The summed E-state index contributed by atoms with van der Waals surface area (Å²) in [5, 5.41) is 4.27. The molecular weight excluding hydrogens is 246 g/mol. The lowest BCUT2D eigenvalue weighted by molar-refractivity contribution is 0.288. The number of fused-ring (bicyclic) bond motifs is 1. The molecule has 1 N–H and O–H groups in total. The summed E-state index contributed by atoms with van der Waals surface area (Å²) in [4.78, 5) is 0. The highest BCUT2D eigenvalue weighted by atomic mass is 35.5. The SMILES string of the molecule is Clc1cc(CC2CCCNC2)cc2c1OCCC2. The highest BCUT2D eigenvalue weighted by molar-refractivity contribution is 6.32. The Bertz CT molecular complexity index is 427. The van der Waals surface area contributed by atoms with Crippen LogP contribution in [0.4, 0.5) is 0 Å². The normalized spacial score (nSPS) is 23.3. The zero-order chi connectivity index (χ0) is 12.4. The lowest BCUT2D eigenvalue weighted by Gasteiger charge is -2.24. The number of benzene rings is 1. The van der Waals surface area contributed by atoms with Crippen LogP contribution in [0.2, 0.25) is 5.02 Å². The number of rotatable bonds is 2. The largest absolute Gasteiger partial charge is 0.492 e. The standard InChI is InChI=1S/C15H20ClNO/c16-14-9-12(7-11-3-1-5-17-10-11)8-13-4-2-6-18-15(13)14/h8-9,11,17H,1-7,10H2. The first-order chi connectivity index (χ1) is 8.83. The van der Waals surface area contributed by atoms with Crippen molar-refractivity contribution in [2.24, 2.45) is 5.92 Å². The van der Waals surface area contributed by atoms with E-state index in [9.17, 15) is 0 Å². The number of piperidine rings is 1. The molecule has 1 saturated heterocycles. The van der Waals surface area contributed by atoms with E-state index in [0.29, 0.717) is 0 Å². The predicted molar refractivity (Wildman–Crippen MR) is 74.6 cm³/mol. The van der Waals surface area contributed by atoms with Gasteiger partial charge in [0.25, 0.3) is 0 Å². The van der Waals surface area contributed by atoms with Gasteiger partial charge in [0.2, 0.25) is 0 Å². The van der Waals surface area contributed by atoms with Gasteiger partial charge in [0.15, 0.2) is 0 Å². The number of hydrogen-bond donors (Lipinski definition) is 1. The van der Waals surface area contributed by atoms with Gasteiger partial charge in [-0.2, -0.15) is 0 Å². The molecule has 2 aliphatic heterocycles. The first kappa shape index (κ1) is 12.3. The van der Waals surface area contributed by atoms with Crippen LogP contribution in [0, 0.1) is 5.92 Å². The van der Waals surface area contributed by atoms with Crippen LogP contribution in [-0.2, 0) is 12.8 Å². The molecule has 1 aromatic rings. The maximum Gasteiger partial charge on any atom is 0.141 e. The van der Waals surface area contributed by atoms with E-state index < -0.39 is 0 Å². The van der Waals surface area contributed by atoms with Crippen molar-refractivity contribution in [1.82, 2.24) is 5.32 Å². The van der Waals surface area contributed by atoms with Gasteiger partial charge in [-0.15, -0.1) is 0 Å². The number of hydrogen-bond acceptors (Lipinski definition) is 2. The van der Waals surface area contributed by atoms with Gasteiger partial charge in [0, 0.05) is 0 Å². The summed E-state index contributed by atoms with van der Waals surface area (Å²) < 4.78 is 5.65. The second-order valence-electron chi connectivity index (χ2n) is 5.43. The van der Waals surface area contributed by atoms with Crippen LogP contribution in [0.3, 0.4) is 0 Å². The van der Waals surface area contributed by atoms with Gasteiger partial charge in [-0.1, -0.05) is 17.7 Å². The Morgan fingerprint density at radius 2 is 2.28 bits per heavy atom. The Morgan fingerprint density at radius 3 is 3.11 bits per heavy atom. The van der Waals surface area contributed by atoms with Gasteiger partial charge < -0.3 is 10.1 Å². The van der Waals surface area contributed by atoms with E-state index in [0.717, 1.165) is 49.1 Å². The van der Waals surface area contributed by atoms with E-state index in [1.54, 1.807) is 0 Å². The smallest absolute Gasteiger partial charge is 0.141 e. The molecule has 1 unspecified atom stereocenters. The Kier molecular flexibility index (Phi) is 3.76. The molecule has 0 aliphatic carbocycles. The average molecular weight is 266 g/mol. The maximum atomic E-state index is 6.32. The molecule has 2 heterocycles. The molecule has 3 rings (SSSR count). The fourth-order valence-corrected chi connectivity index (χ4v) is 3.36. The van der Waals surface area contributed by atoms with Crippen molar-refractivity contribution in [2.45, 2.75) is 32.1 Å². The minimum atomic E-state index is 0.761. The third-order valence-electron chi connectivity index (χ3n) is 3.94. The zero-order valence-corrected chi connectivity index (χ0v) is 11.4. The molecule has 0 spiro atoms. The van der Waals surface area contributed by atoms with Crippen molar-refractivity contribution >= 4 is 11.6 Å². The van der Waals surface area contributed by atoms with E-state index in [1.807, 2.05) is 0 Å². The van der Waals surface area contributed by atoms with Gasteiger partial charge >= 0.3 is 0 Å². The summed E-state index contributed by atoms with van der Waals surface area (Å²) in [6, 6.07) is 4.40. The fraction of sp³-hybridized carbons (Fsp3) is 0.600. The van der Waals surface area contributed by atoms with Crippen molar-refractivity contribution < 1.29 is 4.74 Å². The van der Waals surface area contributed by atoms with Crippen molar-refractivity contribution in [3.05, 3.63) is 28.3 Å². The van der Waals surface area contributed by atoms with Crippen LogP contribution in [0.25, 0.3) is 0 Å². The molecule has 0 bridgehead atoms. The lowest BCUT2D eigenvalue weighted by atomic mass is 9.91. The summed E-state index contributed by atoms with van der Waals surface area (Å²) in [6.07, 6.45) is 5.98. The Morgan fingerprint density at radius 1 is 1.33 bits per heavy atom. The number of aryl methyl sites for hydroxylation is 1. The predicted octanol–water partition coefficient (Wildman–Crippen LogP) is 3.21. The molecule has 1 aromatic carbocycles. The monoisotopic (exact) mass is 265 g/mol. The van der Waals surface area contributed by atoms with Gasteiger partial charge in [-0.05, 0) is 68.3 Å². The van der Waals surface area contributed by atoms with Crippen LogP contribution in [0.5, 0.6) is 5.75 Å². The number of ether oxygens (including phenoxy) is 1. The highest BCUT2D eigenvalue weighted by Gasteiger charge is 2.18. The molecule has 18 heavy (non-hydrogen) atoms.